The van der Waals surface area contributed by atoms with Gasteiger partial charge in [0.1, 0.15) is 5.75 Å². The fourth-order valence-electron chi connectivity index (χ4n) is 3.26. The van der Waals surface area contributed by atoms with Gasteiger partial charge in [0.25, 0.3) is 11.8 Å². The summed E-state index contributed by atoms with van der Waals surface area (Å²) >= 11 is 7.26. The van der Waals surface area contributed by atoms with Crippen LogP contribution in [0.5, 0.6) is 5.75 Å². The van der Waals surface area contributed by atoms with Crippen LogP contribution in [0.15, 0.2) is 88.7 Å². The van der Waals surface area contributed by atoms with Gasteiger partial charge in [-0.3, -0.25) is 14.5 Å². The van der Waals surface area contributed by atoms with Crippen LogP contribution in [0.3, 0.4) is 0 Å². The predicted molar refractivity (Wildman–Crippen MR) is 119 cm³/mol. The van der Waals surface area contributed by atoms with Crippen LogP contribution in [0.2, 0.25) is 5.02 Å². The molecule has 4 nitrogen and oxygen atoms in total. The van der Waals surface area contributed by atoms with Gasteiger partial charge in [0.2, 0.25) is 0 Å². The minimum absolute atomic E-state index is 0.173. The molecule has 4 rings (SSSR count). The zero-order chi connectivity index (χ0) is 21.1. The van der Waals surface area contributed by atoms with Crippen molar-refractivity contribution in [3.8, 4) is 5.75 Å². The number of ether oxygens (including phenoxy) is 1. The van der Waals surface area contributed by atoms with E-state index in [4.69, 9.17) is 16.3 Å². The van der Waals surface area contributed by atoms with Gasteiger partial charge in [-0.1, -0.05) is 71.9 Å². The molecule has 2 amide bonds. The number of rotatable bonds is 6. The Kier molecular flexibility index (Phi) is 5.93. The highest BCUT2D eigenvalue weighted by Gasteiger charge is 2.40. The summed E-state index contributed by atoms with van der Waals surface area (Å²) in [5.41, 5.74) is 1.79. The molecule has 0 aromatic heterocycles. The van der Waals surface area contributed by atoms with Gasteiger partial charge in [-0.25, -0.2) is 0 Å². The molecule has 30 heavy (non-hydrogen) atoms. The average molecular weight is 436 g/mol. The third kappa shape index (κ3) is 3.99. The van der Waals surface area contributed by atoms with E-state index in [0.717, 1.165) is 10.5 Å². The Morgan fingerprint density at radius 3 is 2.23 bits per heavy atom. The van der Waals surface area contributed by atoms with Gasteiger partial charge in [-0.15, -0.1) is 0 Å². The predicted octanol–water partition coefficient (Wildman–Crippen LogP) is 5.42. The summed E-state index contributed by atoms with van der Waals surface area (Å²) in [4.78, 5) is 29.3. The van der Waals surface area contributed by atoms with Crippen LogP contribution in [-0.2, 0) is 16.1 Å². The van der Waals surface area contributed by atoms with Gasteiger partial charge < -0.3 is 4.74 Å². The molecule has 0 aliphatic carbocycles. The summed E-state index contributed by atoms with van der Waals surface area (Å²) in [6.07, 6.45) is 0. The van der Waals surface area contributed by atoms with Crippen LogP contribution in [-0.4, -0.2) is 23.8 Å². The van der Waals surface area contributed by atoms with Crippen molar-refractivity contribution < 1.29 is 14.3 Å². The van der Waals surface area contributed by atoms with Crippen molar-refractivity contribution in [2.24, 2.45) is 0 Å². The molecule has 0 bridgehead atoms. The molecule has 0 fully saturated rings. The highest BCUT2D eigenvalue weighted by Crippen LogP contribution is 2.42. The standard InChI is InChI=1S/C24H18ClNO3S/c1-29-20-10-6-5-9-19(20)21-22(30-18-7-3-2-4-8-18)24(28)26(23(21)27)15-16-11-13-17(25)14-12-16/h2-14H,15H2,1H3. The fourth-order valence-corrected chi connectivity index (χ4v) is 4.41. The second kappa shape index (κ2) is 8.78. The Hall–Kier alpha value is -3.02. The van der Waals surface area contributed by atoms with Crippen LogP contribution in [0.25, 0.3) is 5.57 Å². The lowest BCUT2D eigenvalue weighted by Gasteiger charge is -2.15. The number of carbonyl (C=O) groups excluding carboxylic acids is 2. The van der Waals surface area contributed by atoms with Crippen molar-refractivity contribution in [1.29, 1.82) is 0 Å². The number of methoxy groups -OCH3 is 1. The zero-order valence-electron chi connectivity index (χ0n) is 16.2. The molecule has 0 N–H and O–H groups in total. The quantitative estimate of drug-likeness (QED) is 0.485. The number of halogens is 1. The Morgan fingerprint density at radius 2 is 1.53 bits per heavy atom. The zero-order valence-corrected chi connectivity index (χ0v) is 17.7. The number of amides is 2. The smallest absolute Gasteiger partial charge is 0.268 e. The molecule has 3 aromatic carbocycles. The van der Waals surface area contributed by atoms with Crippen LogP contribution in [0, 0.1) is 0 Å². The van der Waals surface area contributed by atoms with Crippen LogP contribution in [0.4, 0.5) is 0 Å². The number of imide groups is 1. The summed E-state index contributed by atoms with van der Waals surface area (Å²) in [5.74, 6) is -0.101. The number of hydrogen-bond donors (Lipinski definition) is 0. The number of hydrogen-bond acceptors (Lipinski definition) is 4. The summed E-state index contributed by atoms with van der Waals surface area (Å²) < 4.78 is 5.47. The summed E-state index contributed by atoms with van der Waals surface area (Å²) in [6, 6.07) is 23.9. The molecule has 6 heteroatoms. The van der Waals surface area contributed by atoms with E-state index >= 15 is 0 Å². The van der Waals surface area contributed by atoms with Crippen LogP contribution in [0.1, 0.15) is 11.1 Å². The first kappa shape index (κ1) is 20.3. The Bertz CT molecular complexity index is 1130. The first-order chi connectivity index (χ1) is 14.6. The molecule has 0 radical (unpaired) electrons. The molecule has 150 valence electrons. The van der Waals surface area contributed by atoms with E-state index < -0.39 is 0 Å². The van der Waals surface area contributed by atoms with Gasteiger partial charge in [-0.05, 0) is 35.9 Å². The lowest BCUT2D eigenvalue weighted by Crippen LogP contribution is -2.30. The van der Waals surface area contributed by atoms with Crippen molar-refractivity contribution >= 4 is 40.8 Å². The second-order valence-corrected chi connectivity index (χ2v) is 8.16. The van der Waals surface area contributed by atoms with Crippen molar-refractivity contribution in [1.82, 2.24) is 4.90 Å². The number of carbonyl (C=O) groups is 2. The molecule has 0 spiro atoms. The third-order valence-electron chi connectivity index (χ3n) is 4.72. The highest BCUT2D eigenvalue weighted by atomic mass is 35.5. The van der Waals surface area contributed by atoms with E-state index in [9.17, 15) is 9.59 Å². The number of benzene rings is 3. The minimum atomic E-state index is -0.335. The van der Waals surface area contributed by atoms with Crippen molar-refractivity contribution in [3.05, 3.63) is 99.9 Å². The average Bonchev–Trinajstić information content (AvgIpc) is 3.00. The van der Waals surface area contributed by atoms with Gasteiger partial charge in [0.15, 0.2) is 0 Å². The van der Waals surface area contributed by atoms with Crippen LogP contribution < -0.4 is 4.74 Å². The number of para-hydroxylation sites is 1. The number of thioether (sulfide) groups is 1. The Morgan fingerprint density at radius 1 is 0.867 bits per heavy atom. The van der Waals surface area contributed by atoms with E-state index in [-0.39, 0.29) is 18.4 Å². The van der Waals surface area contributed by atoms with E-state index in [0.29, 0.717) is 26.8 Å². The third-order valence-corrected chi connectivity index (χ3v) is 6.06. The molecule has 1 aliphatic heterocycles. The summed E-state index contributed by atoms with van der Waals surface area (Å²) in [7, 11) is 1.55. The van der Waals surface area contributed by atoms with Crippen molar-refractivity contribution in [2.45, 2.75) is 11.4 Å². The summed E-state index contributed by atoms with van der Waals surface area (Å²) in [6.45, 7) is 0.173. The van der Waals surface area contributed by atoms with Gasteiger partial charge in [-0.2, -0.15) is 0 Å². The van der Waals surface area contributed by atoms with E-state index in [1.807, 2.05) is 54.6 Å². The first-order valence-electron chi connectivity index (χ1n) is 9.29. The molecule has 0 saturated heterocycles. The summed E-state index contributed by atoms with van der Waals surface area (Å²) in [5, 5.41) is 0.603. The van der Waals surface area contributed by atoms with E-state index in [1.165, 1.54) is 16.7 Å². The highest BCUT2D eigenvalue weighted by molar-refractivity contribution is 8.04. The SMILES string of the molecule is COc1ccccc1C1=C(Sc2ccccc2)C(=O)N(Cc2ccc(Cl)cc2)C1=O. The largest absolute Gasteiger partial charge is 0.496 e. The molecular formula is C24H18ClNO3S. The first-order valence-corrected chi connectivity index (χ1v) is 10.5. The molecule has 1 heterocycles. The normalized spacial score (nSPS) is 13.9. The maximum absolute atomic E-state index is 13.4. The van der Waals surface area contributed by atoms with Crippen molar-refractivity contribution in [2.75, 3.05) is 7.11 Å². The van der Waals surface area contributed by atoms with E-state index in [2.05, 4.69) is 0 Å². The monoisotopic (exact) mass is 435 g/mol. The van der Waals surface area contributed by atoms with Gasteiger partial charge >= 0.3 is 0 Å². The second-order valence-electron chi connectivity index (χ2n) is 6.64. The Balaban J connectivity index is 1.77. The number of nitrogens with zero attached hydrogens (tertiary/aromatic N) is 1. The van der Waals surface area contributed by atoms with Crippen LogP contribution >= 0.6 is 23.4 Å². The maximum Gasteiger partial charge on any atom is 0.268 e. The molecular weight excluding hydrogens is 418 g/mol. The maximum atomic E-state index is 13.4. The molecule has 1 aliphatic rings. The molecule has 0 saturated carbocycles. The Labute approximate surface area is 184 Å². The molecule has 0 atom stereocenters. The van der Waals surface area contributed by atoms with Gasteiger partial charge in [0.05, 0.1) is 24.1 Å². The lowest BCUT2D eigenvalue weighted by molar-refractivity contribution is -0.137. The van der Waals surface area contributed by atoms with Crippen molar-refractivity contribution in [3.63, 3.8) is 0 Å². The minimum Gasteiger partial charge on any atom is -0.496 e. The fraction of sp³-hybridized carbons (Fsp3) is 0.0833. The van der Waals surface area contributed by atoms with Gasteiger partial charge in [0, 0.05) is 15.5 Å². The lowest BCUT2D eigenvalue weighted by atomic mass is 10.0. The topological polar surface area (TPSA) is 46.6 Å². The van der Waals surface area contributed by atoms with E-state index in [1.54, 1.807) is 31.4 Å². The molecule has 3 aromatic rings. The molecule has 0 unspecified atom stereocenters.